The first-order valence-corrected chi connectivity index (χ1v) is 8.76. The summed E-state index contributed by atoms with van der Waals surface area (Å²) in [6, 6.07) is 11.0. The number of benzene rings is 2. The molecule has 2 aromatic rings. The fourth-order valence-electron chi connectivity index (χ4n) is 2.41. The third-order valence-corrected chi connectivity index (χ3v) is 3.99. The maximum absolute atomic E-state index is 12.2. The molecule has 0 bridgehead atoms. The molecule has 25 heavy (non-hydrogen) atoms. The van der Waals surface area contributed by atoms with Crippen LogP contribution in [-0.2, 0) is 4.79 Å². The Hall–Kier alpha value is -2.47. The Morgan fingerprint density at radius 1 is 1.20 bits per heavy atom. The first-order valence-electron chi connectivity index (χ1n) is 7.97. The second-order valence-electron chi connectivity index (χ2n) is 5.30. The lowest BCUT2D eigenvalue weighted by Crippen LogP contribution is -2.16. The predicted octanol–water partition coefficient (Wildman–Crippen LogP) is 4.27. The summed E-state index contributed by atoms with van der Waals surface area (Å²) in [4.78, 5) is 12.2. The highest BCUT2D eigenvalue weighted by atomic mass is 79.9. The van der Waals surface area contributed by atoms with Crippen LogP contribution < -0.4 is 19.5 Å². The van der Waals surface area contributed by atoms with E-state index in [4.69, 9.17) is 14.2 Å². The summed E-state index contributed by atoms with van der Waals surface area (Å²) in [6.45, 7) is 3.53. The van der Waals surface area contributed by atoms with Crippen molar-refractivity contribution in [1.82, 2.24) is 0 Å². The fraction of sp³-hybridized carbons (Fsp3) is 0.211. The Kier molecular flexibility index (Phi) is 5.60. The van der Waals surface area contributed by atoms with Crippen molar-refractivity contribution in [2.24, 2.45) is 0 Å². The van der Waals surface area contributed by atoms with Gasteiger partial charge in [0.15, 0.2) is 11.5 Å². The van der Waals surface area contributed by atoms with Crippen molar-refractivity contribution in [1.29, 1.82) is 0 Å². The minimum absolute atomic E-state index is 0.237. The fourth-order valence-corrected chi connectivity index (χ4v) is 2.79. The second-order valence-corrected chi connectivity index (χ2v) is 6.21. The Bertz CT molecular complexity index is 804. The second kappa shape index (κ2) is 8.07. The van der Waals surface area contributed by atoms with Crippen LogP contribution in [0.1, 0.15) is 12.5 Å². The van der Waals surface area contributed by atoms with E-state index in [9.17, 15) is 4.79 Å². The zero-order valence-corrected chi connectivity index (χ0v) is 15.3. The lowest BCUT2D eigenvalue weighted by Gasteiger charge is -2.18. The lowest BCUT2D eigenvalue weighted by atomic mass is 10.2. The van der Waals surface area contributed by atoms with Crippen molar-refractivity contribution in [3.63, 3.8) is 0 Å². The number of anilines is 1. The van der Waals surface area contributed by atoms with Crippen LogP contribution in [-0.4, -0.2) is 25.7 Å². The molecule has 6 heteroatoms. The SMILES string of the molecule is CCOc1ccc(Br)cc1/C=C/C(=O)Nc1ccc2c(c1)OCCO2. The van der Waals surface area contributed by atoms with Gasteiger partial charge in [0.1, 0.15) is 19.0 Å². The van der Waals surface area contributed by atoms with Crippen LogP contribution in [0.4, 0.5) is 5.69 Å². The zero-order chi connectivity index (χ0) is 17.6. The van der Waals surface area contributed by atoms with Crippen LogP contribution in [0.2, 0.25) is 0 Å². The monoisotopic (exact) mass is 403 g/mol. The molecule has 1 N–H and O–H groups in total. The number of amides is 1. The van der Waals surface area contributed by atoms with Crippen molar-refractivity contribution in [2.45, 2.75) is 6.92 Å². The summed E-state index contributed by atoms with van der Waals surface area (Å²) >= 11 is 3.43. The van der Waals surface area contributed by atoms with Gasteiger partial charge in [-0.15, -0.1) is 0 Å². The highest BCUT2D eigenvalue weighted by Crippen LogP contribution is 2.32. The van der Waals surface area contributed by atoms with Crippen molar-refractivity contribution in [3.05, 3.63) is 52.5 Å². The summed E-state index contributed by atoms with van der Waals surface area (Å²) in [5.41, 5.74) is 1.48. The molecule has 1 aliphatic rings. The number of halogens is 1. The van der Waals surface area contributed by atoms with Gasteiger partial charge in [0, 0.05) is 27.9 Å². The number of hydrogen-bond donors (Lipinski definition) is 1. The van der Waals surface area contributed by atoms with Crippen molar-refractivity contribution < 1.29 is 19.0 Å². The highest BCUT2D eigenvalue weighted by molar-refractivity contribution is 9.10. The maximum atomic E-state index is 12.2. The van der Waals surface area contributed by atoms with Crippen molar-refractivity contribution in [2.75, 3.05) is 25.1 Å². The molecule has 0 unspecified atom stereocenters. The minimum Gasteiger partial charge on any atom is -0.493 e. The normalized spacial score (nSPS) is 12.9. The van der Waals surface area contributed by atoms with E-state index in [1.165, 1.54) is 6.08 Å². The molecule has 3 rings (SSSR count). The summed E-state index contributed by atoms with van der Waals surface area (Å²) in [5.74, 6) is 1.82. The average Bonchev–Trinajstić information content (AvgIpc) is 2.62. The van der Waals surface area contributed by atoms with E-state index in [-0.39, 0.29) is 5.91 Å². The van der Waals surface area contributed by atoms with Gasteiger partial charge < -0.3 is 19.5 Å². The lowest BCUT2D eigenvalue weighted by molar-refractivity contribution is -0.111. The average molecular weight is 404 g/mol. The first-order chi connectivity index (χ1) is 12.2. The van der Waals surface area contributed by atoms with Gasteiger partial charge >= 0.3 is 0 Å². The van der Waals surface area contributed by atoms with Gasteiger partial charge in [-0.2, -0.15) is 0 Å². The van der Waals surface area contributed by atoms with Crippen molar-refractivity contribution in [3.8, 4) is 17.2 Å². The number of ether oxygens (including phenoxy) is 3. The van der Waals surface area contributed by atoms with Crippen molar-refractivity contribution >= 4 is 33.6 Å². The molecule has 0 radical (unpaired) electrons. The summed E-state index contributed by atoms with van der Waals surface area (Å²) < 4.78 is 17.5. The largest absolute Gasteiger partial charge is 0.493 e. The number of hydrogen-bond acceptors (Lipinski definition) is 4. The number of fused-ring (bicyclic) bond motifs is 1. The van der Waals surface area contributed by atoms with E-state index in [2.05, 4.69) is 21.2 Å². The molecule has 1 aliphatic heterocycles. The Balaban J connectivity index is 1.70. The number of carbonyl (C=O) groups is 1. The molecule has 2 aromatic carbocycles. The molecule has 0 spiro atoms. The van der Waals surface area contributed by atoms with Gasteiger partial charge in [-0.1, -0.05) is 15.9 Å². The third-order valence-electron chi connectivity index (χ3n) is 3.50. The molecule has 0 atom stereocenters. The van der Waals surface area contributed by atoms with Crippen LogP contribution in [0.25, 0.3) is 6.08 Å². The van der Waals surface area contributed by atoms with E-state index in [0.29, 0.717) is 37.0 Å². The molecular formula is C19H18BrNO4. The summed E-state index contributed by atoms with van der Waals surface area (Å²) in [6.07, 6.45) is 3.20. The van der Waals surface area contributed by atoms with E-state index in [1.54, 1.807) is 24.3 Å². The molecule has 0 saturated carbocycles. The van der Waals surface area contributed by atoms with Gasteiger partial charge in [-0.25, -0.2) is 0 Å². The van der Waals surface area contributed by atoms with Gasteiger partial charge in [0.2, 0.25) is 5.91 Å². The molecule has 1 amide bonds. The Morgan fingerprint density at radius 3 is 2.80 bits per heavy atom. The van der Waals surface area contributed by atoms with Gasteiger partial charge in [-0.05, 0) is 43.3 Å². The quantitative estimate of drug-likeness (QED) is 0.757. The molecular weight excluding hydrogens is 386 g/mol. The Labute approximate surface area is 154 Å². The maximum Gasteiger partial charge on any atom is 0.248 e. The first kappa shape index (κ1) is 17.4. The van der Waals surface area contributed by atoms with Crippen LogP contribution in [0, 0.1) is 0 Å². The number of carbonyl (C=O) groups excluding carboxylic acids is 1. The van der Waals surface area contributed by atoms with Crippen LogP contribution >= 0.6 is 15.9 Å². The zero-order valence-electron chi connectivity index (χ0n) is 13.8. The van der Waals surface area contributed by atoms with Crippen LogP contribution in [0.3, 0.4) is 0 Å². The molecule has 5 nitrogen and oxygen atoms in total. The molecule has 1 heterocycles. The molecule has 130 valence electrons. The Morgan fingerprint density at radius 2 is 2.00 bits per heavy atom. The van der Waals surface area contributed by atoms with Crippen LogP contribution in [0.15, 0.2) is 46.9 Å². The highest BCUT2D eigenvalue weighted by Gasteiger charge is 2.12. The van der Waals surface area contributed by atoms with E-state index in [0.717, 1.165) is 15.8 Å². The van der Waals surface area contributed by atoms with Gasteiger partial charge in [0.25, 0.3) is 0 Å². The molecule has 0 fully saturated rings. The minimum atomic E-state index is -0.237. The topological polar surface area (TPSA) is 56.8 Å². The predicted molar refractivity (Wildman–Crippen MR) is 100 cm³/mol. The standard InChI is InChI=1S/C19H18BrNO4/c1-2-23-16-6-4-14(20)11-13(16)3-8-19(22)21-15-5-7-17-18(12-15)25-10-9-24-17/h3-8,11-12H,2,9-10H2,1H3,(H,21,22)/b8-3+. The van der Waals surface area contributed by atoms with Gasteiger partial charge in [-0.3, -0.25) is 4.79 Å². The molecule has 0 saturated heterocycles. The van der Waals surface area contributed by atoms with E-state index in [1.807, 2.05) is 25.1 Å². The van der Waals surface area contributed by atoms with Crippen LogP contribution in [0.5, 0.6) is 17.2 Å². The number of rotatable bonds is 5. The summed E-state index contributed by atoms with van der Waals surface area (Å²) in [7, 11) is 0. The third kappa shape index (κ3) is 4.54. The molecule has 0 aliphatic carbocycles. The number of nitrogens with one attached hydrogen (secondary N) is 1. The smallest absolute Gasteiger partial charge is 0.248 e. The van der Waals surface area contributed by atoms with E-state index >= 15 is 0 Å². The summed E-state index contributed by atoms with van der Waals surface area (Å²) in [5, 5.41) is 2.81. The molecule has 0 aromatic heterocycles. The van der Waals surface area contributed by atoms with E-state index < -0.39 is 0 Å². The van der Waals surface area contributed by atoms with Gasteiger partial charge in [0.05, 0.1) is 6.61 Å².